The quantitative estimate of drug-likeness (QED) is 0.506. The molecule has 0 saturated carbocycles. The zero-order valence-corrected chi connectivity index (χ0v) is 19.4. The van der Waals surface area contributed by atoms with Crippen LogP contribution < -0.4 is 0 Å². The predicted octanol–water partition coefficient (Wildman–Crippen LogP) is 7.11. The maximum absolute atomic E-state index is 6.83. The summed E-state index contributed by atoms with van der Waals surface area (Å²) in [6, 6.07) is 13.6. The van der Waals surface area contributed by atoms with Gasteiger partial charge in [-0.3, -0.25) is 0 Å². The standard InChI is InChI=1S/C26H36OSi/c1-26(2,3)28(4,5)27-21-15-16-22-20(17-21)18-25(19-11-7-6-8-12-19)24-14-10-9-13-23(22)24/h6-8,11-12,18,21H,9-10,13-17H2,1-5H3. The summed E-state index contributed by atoms with van der Waals surface area (Å²) in [5, 5.41) is 0.276. The summed E-state index contributed by atoms with van der Waals surface area (Å²) in [6.45, 7) is 11.8. The van der Waals surface area contributed by atoms with Gasteiger partial charge in [-0.05, 0) is 96.5 Å². The third kappa shape index (κ3) is 3.74. The van der Waals surface area contributed by atoms with E-state index in [0.29, 0.717) is 6.10 Å². The van der Waals surface area contributed by atoms with E-state index in [2.05, 4.69) is 70.3 Å². The van der Waals surface area contributed by atoms with Crippen LogP contribution in [0.4, 0.5) is 0 Å². The summed E-state index contributed by atoms with van der Waals surface area (Å²) in [7, 11) is -1.72. The van der Waals surface area contributed by atoms with Gasteiger partial charge >= 0.3 is 0 Å². The molecule has 1 unspecified atom stereocenters. The van der Waals surface area contributed by atoms with Crippen LogP contribution in [-0.4, -0.2) is 14.4 Å². The first-order valence-corrected chi connectivity index (χ1v) is 14.1. The van der Waals surface area contributed by atoms with Crippen molar-refractivity contribution in [3.8, 4) is 11.1 Å². The first-order valence-electron chi connectivity index (χ1n) is 11.2. The third-order valence-electron chi connectivity index (χ3n) is 7.38. The Bertz CT molecular complexity index is 845. The van der Waals surface area contributed by atoms with Gasteiger partial charge < -0.3 is 4.43 Å². The zero-order valence-electron chi connectivity index (χ0n) is 18.4. The molecule has 0 aromatic heterocycles. The topological polar surface area (TPSA) is 9.23 Å². The smallest absolute Gasteiger partial charge is 0.192 e. The highest BCUT2D eigenvalue weighted by molar-refractivity contribution is 6.74. The second-order valence-corrected chi connectivity index (χ2v) is 15.1. The Morgan fingerprint density at radius 1 is 0.893 bits per heavy atom. The van der Waals surface area contributed by atoms with Crippen LogP contribution in [0.2, 0.25) is 18.1 Å². The van der Waals surface area contributed by atoms with Gasteiger partial charge in [0.05, 0.1) is 0 Å². The molecule has 150 valence electrons. The molecule has 1 atom stereocenters. The van der Waals surface area contributed by atoms with E-state index in [4.69, 9.17) is 4.43 Å². The number of benzene rings is 2. The fourth-order valence-electron chi connectivity index (χ4n) is 4.79. The monoisotopic (exact) mass is 392 g/mol. The van der Waals surface area contributed by atoms with Crippen molar-refractivity contribution >= 4 is 8.32 Å². The summed E-state index contributed by atoms with van der Waals surface area (Å²) in [5.41, 5.74) is 9.44. The fourth-order valence-corrected chi connectivity index (χ4v) is 6.18. The van der Waals surface area contributed by atoms with Crippen LogP contribution in [0.25, 0.3) is 11.1 Å². The van der Waals surface area contributed by atoms with Crippen molar-refractivity contribution in [2.75, 3.05) is 0 Å². The molecular formula is C26H36OSi. The fraction of sp³-hybridized carbons (Fsp3) is 0.538. The second kappa shape index (κ2) is 7.46. The van der Waals surface area contributed by atoms with E-state index in [0.717, 1.165) is 6.42 Å². The molecule has 4 rings (SSSR count). The van der Waals surface area contributed by atoms with Crippen LogP contribution in [-0.2, 0) is 30.1 Å². The van der Waals surface area contributed by atoms with Gasteiger partial charge in [-0.2, -0.15) is 0 Å². The van der Waals surface area contributed by atoms with Gasteiger partial charge in [0, 0.05) is 6.10 Å². The van der Waals surface area contributed by atoms with Crippen molar-refractivity contribution in [2.45, 2.75) is 90.0 Å². The molecule has 28 heavy (non-hydrogen) atoms. The first kappa shape index (κ1) is 19.9. The first-order chi connectivity index (χ1) is 13.3. The molecule has 0 aliphatic heterocycles. The van der Waals surface area contributed by atoms with Crippen molar-refractivity contribution in [2.24, 2.45) is 0 Å². The van der Waals surface area contributed by atoms with Gasteiger partial charge in [-0.1, -0.05) is 57.2 Å². The van der Waals surface area contributed by atoms with Gasteiger partial charge in [0.1, 0.15) is 0 Å². The van der Waals surface area contributed by atoms with Gasteiger partial charge in [0.15, 0.2) is 8.32 Å². The van der Waals surface area contributed by atoms with Crippen LogP contribution in [0, 0.1) is 0 Å². The molecule has 0 heterocycles. The van der Waals surface area contributed by atoms with E-state index in [-0.39, 0.29) is 5.04 Å². The lowest BCUT2D eigenvalue weighted by atomic mass is 9.76. The molecule has 0 spiro atoms. The molecule has 2 heteroatoms. The van der Waals surface area contributed by atoms with Gasteiger partial charge in [-0.15, -0.1) is 0 Å². The van der Waals surface area contributed by atoms with Gasteiger partial charge in [-0.25, -0.2) is 0 Å². The number of hydrogen-bond acceptors (Lipinski definition) is 1. The van der Waals surface area contributed by atoms with Crippen LogP contribution in [0.1, 0.15) is 62.3 Å². The van der Waals surface area contributed by atoms with E-state index in [1.54, 1.807) is 22.3 Å². The largest absolute Gasteiger partial charge is 0.414 e. The minimum Gasteiger partial charge on any atom is -0.414 e. The zero-order chi connectivity index (χ0) is 19.9. The Balaban J connectivity index is 1.70. The molecule has 1 nitrogen and oxygen atoms in total. The van der Waals surface area contributed by atoms with E-state index in [9.17, 15) is 0 Å². The van der Waals surface area contributed by atoms with Gasteiger partial charge in [0.2, 0.25) is 0 Å². The van der Waals surface area contributed by atoms with Gasteiger partial charge in [0.25, 0.3) is 0 Å². The SMILES string of the molecule is CC(C)(C)[Si](C)(C)OC1CCc2c(cc(-c3ccccc3)c3c2CCCC3)C1. The highest BCUT2D eigenvalue weighted by atomic mass is 28.4. The molecule has 0 amide bonds. The minimum absolute atomic E-state index is 0.276. The molecule has 2 aliphatic rings. The summed E-state index contributed by atoms with van der Waals surface area (Å²) < 4.78 is 6.83. The minimum atomic E-state index is -1.72. The van der Waals surface area contributed by atoms with E-state index in [1.807, 2.05) is 0 Å². The van der Waals surface area contributed by atoms with Crippen molar-refractivity contribution < 1.29 is 4.43 Å². The Morgan fingerprint density at radius 2 is 1.57 bits per heavy atom. The summed E-state index contributed by atoms with van der Waals surface area (Å²) >= 11 is 0. The lowest BCUT2D eigenvalue weighted by Gasteiger charge is -2.41. The Kier molecular flexibility index (Phi) is 5.31. The van der Waals surface area contributed by atoms with Crippen molar-refractivity contribution in [1.82, 2.24) is 0 Å². The molecule has 0 radical (unpaired) electrons. The highest BCUT2D eigenvalue weighted by Gasteiger charge is 2.40. The second-order valence-electron chi connectivity index (χ2n) is 10.3. The van der Waals surface area contributed by atoms with Crippen molar-refractivity contribution in [3.05, 3.63) is 58.7 Å². The van der Waals surface area contributed by atoms with Crippen LogP contribution in [0.5, 0.6) is 0 Å². The van der Waals surface area contributed by atoms with E-state index in [1.165, 1.54) is 49.7 Å². The number of rotatable bonds is 3. The Hall–Kier alpha value is -1.38. The Labute approximate surface area is 172 Å². The predicted molar refractivity (Wildman–Crippen MR) is 123 cm³/mol. The normalized spacial score (nSPS) is 19.8. The number of hydrogen-bond donors (Lipinski definition) is 0. The lowest BCUT2D eigenvalue weighted by Crippen LogP contribution is -2.45. The van der Waals surface area contributed by atoms with Crippen LogP contribution in [0.3, 0.4) is 0 Å². The third-order valence-corrected chi connectivity index (χ3v) is 11.9. The summed E-state index contributed by atoms with van der Waals surface area (Å²) in [5.74, 6) is 0. The van der Waals surface area contributed by atoms with Crippen LogP contribution >= 0.6 is 0 Å². The molecule has 2 aromatic rings. The maximum Gasteiger partial charge on any atom is 0.192 e. The summed E-state index contributed by atoms with van der Waals surface area (Å²) in [4.78, 5) is 0. The molecule has 2 aromatic carbocycles. The lowest BCUT2D eigenvalue weighted by molar-refractivity contribution is 0.165. The highest BCUT2D eigenvalue weighted by Crippen LogP contribution is 2.42. The van der Waals surface area contributed by atoms with Crippen molar-refractivity contribution in [3.63, 3.8) is 0 Å². The van der Waals surface area contributed by atoms with E-state index < -0.39 is 8.32 Å². The number of fused-ring (bicyclic) bond motifs is 3. The van der Waals surface area contributed by atoms with Crippen LogP contribution in [0.15, 0.2) is 36.4 Å². The molecule has 0 N–H and O–H groups in total. The Morgan fingerprint density at radius 3 is 2.25 bits per heavy atom. The molecule has 0 bridgehead atoms. The molecule has 2 aliphatic carbocycles. The van der Waals surface area contributed by atoms with Crippen molar-refractivity contribution in [1.29, 1.82) is 0 Å². The molecular weight excluding hydrogens is 356 g/mol. The molecule has 0 saturated heterocycles. The maximum atomic E-state index is 6.83. The molecule has 0 fully saturated rings. The average Bonchev–Trinajstić information content (AvgIpc) is 2.66. The average molecular weight is 393 g/mol. The van der Waals surface area contributed by atoms with E-state index >= 15 is 0 Å². The summed E-state index contributed by atoms with van der Waals surface area (Å²) in [6.07, 6.45) is 9.07.